The quantitative estimate of drug-likeness (QED) is 0.424. The van der Waals surface area contributed by atoms with Gasteiger partial charge in [0.05, 0.1) is 17.8 Å². The summed E-state index contributed by atoms with van der Waals surface area (Å²) in [5.74, 6) is 2.09. The third kappa shape index (κ3) is 3.92. The number of H-pyrrole nitrogens is 1. The predicted octanol–water partition coefficient (Wildman–Crippen LogP) is 2.50. The van der Waals surface area contributed by atoms with Crippen molar-refractivity contribution in [3.05, 3.63) is 64.1 Å². The van der Waals surface area contributed by atoms with E-state index in [0.717, 1.165) is 31.1 Å². The van der Waals surface area contributed by atoms with E-state index >= 15 is 0 Å². The molecule has 1 N–H and O–H groups in total. The Morgan fingerprint density at radius 2 is 1.84 bits per heavy atom. The number of pyridine rings is 1. The molecule has 2 aliphatic heterocycles. The molecule has 12 heteroatoms. The van der Waals surface area contributed by atoms with Crippen LogP contribution in [0.2, 0.25) is 0 Å². The Morgan fingerprint density at radius 3 is 2.61 bits per heavy atom. The van der Waals surface area contributed by atoms with Crippen molar-refractivity contribution in [1.82, 2.24) is 35.0 Å². The number of ether oxygens (including phenoxy) is 2. The predicted molar refractivity (Wildman–Crippen MR) is 134 cm³/mol. The maximum Gasteiger partial charge on any atom is 0.289 e. The fourth-order valence-corrected chi connectivity index (χ4v) is 5.84. The molecule has 0 spiro atoms. The number of hydrogen-bond acceptors (Lipinski definition) is 9. The van der Waals surface area contributed by atoms with Gasteiger partial charge in [-0.15, -0.1) is 5.10 Å². The average molecular weight is 518 g/mol. The summed E-state index contributed by atoms with van der Waals surface area (Å²) in [6, 6.07) is 8.68. The van der Waals surface area contributed by atoms with Crippen molar-refractivity contribution in [2.45, 2.75) is 37.8 Å². The largest absolute Gasteiger partial charge is 0.459 e. The van der Waals surface area contributed by atoms with Crippen LogP contribution in [0, 0.1) is 0 Å². The van der Waals surface area contributed by atoms with Crippen LogP contribution in [0.4, 0.5) is 0 Å². The second-order valence-electron chi connectivity index (χ2n) is 9.97. The number of furan rings is 1. The molecule has 1 aliphatic carbocycles. The topological polar surface area (TPSA) is 132 Å². The molecule has 12 nitrogen and oxygen atoms in total. The SMILES string of the molecule is O=C(c1ccco1)N1CCN([C@H](c2cc3cc4c(cc3[nH]c2=O)OCO4)c2nnnn2C2CCCC2)CC1. The van der Waals surface area contributed by atoms with Gasteiger partial charge >= 0.3 is 0 Å². The van der Waals surface area contributed by atoms with Crippen molar-refractivity contribution < 1.29 is 18.7 Å². The number of piperazine rings is 1. The zero-order valence-electron chi connectivity index (χ0n) is 20.7. The Hall–Kier alpha value is -4.19. The molecule has 1 aromatic carbocycles. The molecule has 196 valence electrons. The summed E-state index contributed by atoms with van der Waals surface area (Å²) in [5, 5.41) is 13.7. The van der Waals surface area contributed by atoms with Gasteiger partial charge in [-0.25, -0.2) is 4.68 Å². The standard InChI is InChI=1S/C26H27N7O5/c34-25-18(12-16-13-21-22(38-15-37-21)14-19(16)27-25)23(24-28-29-30-33(24)17-4-1-2-5-17)31-7-9-32(10-8-31)26(35)20-6-3-11-36-20/h3,6,11-14,17,23H,1-2,4-5,7-10,15H2,(H,27,34)/t23-/m1/s1. The van der Waals surface area contributed by atoms with Crippen LogP contribution in [0.25, 0.3) is 10.9 Å². The number of amides is 1. The Labute approximate surface area is 217 Å². The molecule has 7 rings (SSSR count). The van der Waals surface area contributed by atoms with Gasteiger partial charge in [-0.1, -0.05) is 12.8 Å². The van der Waals surface area contributed by atoms with E-state index in [9.17, 15) is 9.59 Å². The Kier molecular flexibility index (Phi) is 5.61. The average Bonchev–Trinajstić information content (AvgIpc) is 3.75. The molecular weight excluding hydrogens is 490 g/mol. The fourth-order valence-electron chi connectivity index (χ4n) is 5.84. The molecule has 0 bridgehead atoms. The number of benzene rings is 1. The van der Waals surface area contributed by atoms with Crippen molar-refractivity contribution in [3.63, 3.8) is 0 Å². The number of fused-ring (bicyclic) bond motifs is 2. The summed E-state index contributed by atoms with van der Waals surface area (Å²) < 4.78 is 18.3. The zero-order chi connectivity index (χ0) is 25.6. The molecule has 0 unspecified atom stereocenters. The Balaban J connectivity index is 1.27. The second-order valence-corrected chi connectivity index (χ2v) is 9.97. The minimum absolute atomic E-state index is 0.137. The van der Waals surface area contributed by atoms with Gasteiger partial charge in [-0.3, -0.25) is 14.5 Å². The molecule has 5 heterocycles. The number of tetrazole rings is 1. The third-order valence-electron chi connectivity index (χ3n) is 7.79. The number of nitrogens with one attached hydrogen (secondary N) is 1. The lowest BCUT2D eigenvalue weighted by molar-refractivity contribution is 0.0557. The summed E-state index contributed by atoms with van der Waals surface area (Å²) in [7, 11) is 0. The van der Waals surface area contributed by atoms with E-state index in [-0.39, 0.29) is 24.3 Å². The number of rotatable bonds is 5. The van der Waals surface area contributed by atoms with E-state index < -0.39 is 6.04 Å². The molecule has 1 saturated heterocycles. The van der Waals surface area contributed by atoms with Gasteiger partial charge < -0.3 is 23.8 Å². The first-order valence-electron chi connectivity index (χ1n) is 13.0. The lowest BCUT2D eigenvalue weighted by atomic mass is 10.0. The maximum atomic E-state index is 13.6. The molecule has 1 amide bonds. The molecule has 2 fully saturated rings. The van der Waals surface area contributed by atoms with Crippen LogP contribution in [0.1, 0.15) is 59.7 Å². The zero-order valence-corrected chi connectivity index (χ0v) is 20.7. The molecule has 38 heavy (non-hydrogen) atoms. The summed E-state index contributed by atoms with van der Waals surface area (Å²) in [6.45, 7) is 2.24. The first-order valence-corrected chi connectivity index (χ1v) is 13.0. The number of aromatic amines is 1. The summed E-state index contributed by atoms with van der Waals surface area (Å²) in [4.78, 5) is 33.4. The fraction of sp³-hybridized carbons (Fsp3) is 0.423. The monoisotopic (exact) mass is 517 g/mol. The van der Waals surface area contributed by atoms with E-state index in [1.54, 1.807) is 23.1 Å². The van der Waals surface area contributed by atoms with Crippen LogP contribution in [0.3, 0.4) is 0 Å². The highest BCUT2D eigenvalue weighted by Gasteiger charge is 2.36. The van der Waals surface area contributed by atoms with Crippen LogP contribution in [0.5, 0.6) is 11.5 Å². The number of hydrogen-bond donors (Lipinski definition) is 1. The van der Waals surface area contributed by atoms with Crippen LogP contribution < -0.4 is 15.0 Å². The first-order chi connectivity index (χ1) is 18.7. The van der Waals surface area contributed by atoms with Crippen molar-refractivity contribution in [2.24, 2.45) is 0 Å². The minimum atomic E-state index is -0.481. The molecule has 4 aromatic rings. The van der Waals surface area contributed by atoms with Crippen LogP contribution in [0.15, 0.2) is 45.8 Å². The third-order valence-corrected chi connectivity index (χ3v) is 7.79. The van der Waals surface area contributed by atoms with Crippen LogP contribution >= 0.6 is 0 Å². The van der Waals surface area contributed by atoms with Gasteiger partial charge in [0, 0.05) is 43.2 Å². The van der Waals surface area contributed by atoms with Gasteiger partial charge in [-0.2, -0.15) is 0 Å². The number of carbonyl (C=O) groups excluding carboxylic acids is 1. The van der Waals surface area contributed by atoms with E-state index in [1.165, 1.54) is 6.26 Å². The molecule has 3 aromatic heterocycles. The normalized spacial score (nSPS) is 18.9. The minimum Gasteiger partial charge on any atom is -0.459 e. The molecule has 0 radical (unpaired) electrons. The van der Waals surface area contributed by atoms with E-state index in [1.807, 2.05) is 16.8 Å². The Morgan fingerprint density at radius 1 is 1.05 bits per heavy atom. The lowest BCUT2D eigenvalue weighted by Gasteiger charge is -2.38. The van der Waals surface area contributed by atoms with Crippen molar-refractivity contribution >= 4 is 16.8 Å². The van der Waals surface area contributed by atoms with Crippen molar-refractivity contribution in [2.75, 3.05) is 33.0 Å². The summed E-state index contributed by atoms with van der Waals surface area (Å²) in [5.41, 5.74) is 1.01. The lowest BCUT2D eigenvalue weighted by Crippen LogP contribution is -2.50. The molecule has 1 atom stereocenters. The second kappa shape index (κ2) is 9.28. The van der Waals surface area contributed by atoms with E-state index in [4.69, 9.17) is 13.9 Å². The molecule has 3 aliphatic rings. The van der Waals surface area contributed by atoms with E-state index in [2.05, 4.69) is 25.4 Å². The summed E-state index contributed by atoms with van der Waals surface area (Å²) in [6.07, 6.45) is 5.78. The summed E-state index contributed by atoms with van der Waals surface area (Å²) >= 11 is 0. The van der Waals surface area contributed by atoms with Crippen molar-refractivity contribution in [1.29, 1.82) is 0 Å². The number of nitrogens with zero attached hydrogens (tertiary/aromatic N) is 6. The van der Waals surface area contributed by atoms with Gasteiger partial charge in [0.1, 0.15) is 6.04 Å². The smallest absolute Gasteiger partial charge is 0.289 e. The van der Waals surface area contributed by atoms with Gasteiger partial charge in [0.15, 0.2) is 23.1 Å². The highest BCUT2D eigenvalue weighted by atomic mass is 16.7. The van der Waals surface area contributed by atoms with Gasteiger partial charge in [0.25, 0.3) is 11.5 Å². The number of carbonyl (C=O) groups is 1. The van der Waals surface area contributed by atoms with Crippen molar-refractivity contribution in [3.8, 4) is 11.5 Å². The molecular formula is C26H27N7O5. The van der Waals surface area contributed by atoms with Crippen LogP contribution in [-0.4, -0.2) is 73.9 Å². The van der Waals surface area contributed by atoms with Crippen LogP contribution in [-0.2, 0) is 0 Å². The number of aromatic nitrogens is 5. The highest BCUT2D eigenvalue weighted by molar-refractivity contribution is 5.91. The van der Waals surface area contributed by atoms with Gasteiger partial charge in [0.2, 0.25) is 6.79 Å². The maximum absolute atomic E-state index is 13.6. The van der Waals surface area contributed by atoms with Gasteiger partial charge in [-0.05, 0) is 47.5 Å². The molecule has 1 saturated carbocycles. The Bertz CT molecular complexity index is 1530. The highest BCUT2D eigenvalue weighted by Crippen LogP contribution is 2.37. The first kappa shape index (κ1) is 23.0. The van der Waals surface area contributed by atoms with E-state index in [0.29, 0.717) is 60.3 Å².